The van der Waals surface area contributed by atoms with E-state index in [-0.39, 0.29) is 0 Å². The molecule has 3 nitrogen and oxygen atoms in total. The van der Waals surface area contributed by atoms with Crippen molar-refractivity contribution in [2.75, 3.05) is 26.2 Å². The van der Waals surface area contributed by atoms with Crippen LogP contribution in [-0.4, -0.2) is 43.0 Å². The van der Waals surface area contributed by atoms with E-state index in [1.165, 1.54) is 0 Å². The van der Waals surface area contributed by atoms with Gasteiger partial charge in [-0.25, -0.2) is 0 Å². The Labute approximate surface area is 86.4 Å². The summed E-state index contributed by atoms with van der Waals surface area (Å²) >= 11 is 0. The molecule has 1 heterocycles. The van der Waals surface area contributed by atoms with Gasteiger partial charge in [-0.05, 0) is 26.3 Å². The van der Waals surface area contributed by atoms with Crippen LogP contribution in [0.5, 0.6) is 0 Å². The Balaban J connectivity index is 2.14. The van der Waals surface area contributed by atoms with Crippen molar-refractivity contribution in [3.05, 3.63) is 0 Å². The number of carbonyl (C=O) groups is 1. The van der Waals surface area contributed by atoms with Crippen molar-refractivity contribution >= 4 is 5.78 Å². The van der Waals surface area contributed by atoms with Gasteiger partial charge in [0.25, 0.3) is 0 Å². The molecule has 14 heavy (non-hydrogen) atoms. The molecule has 0 aromatic rings. The first kappa shape index (κ1) is 11.7. The molecule has 1 aliphatic rings. The molecular weight excluding hydrogens is 178 g/mol. The Morgan fingerprint density at radius 1 is 1.57 bits per heavy atom. The largest absolute Gasteiger partial charge is 0.376 e. The lowest BCUT2D eigenvalue weighted by Gasteiger charge is -2.32. The van der Waals surface area contributed by atoms with Crippen LogP contribution in [0.3, 0.4) is 0 Å². The Bertz CT molecular complexity index is 182. The summed E-state index contributed by atoms with van der Waals surface area (Å²) in [6, 6.07) is 0. The van der Waals surface area contributed by atoms with Gasteiger partial charge in [0, 0.05) is 19.5 Å². The summed E-state index contributed by atoms with van der Waals surface area (Å²) in [7, 11) is 0. The Hall–Kier alpha value is -0.410. The highest BCUT2D eigenvalue weighted by Crippen LogP contribution is 2.08. The number of carbonyl (C=O) groups excluding carboxylic acids is 1. The highest BCUT2D eigenvalue weighted by atomic mass is 16.5. The van der Waals surface area contributed by atoms with Crippen LogP contribution in [0.1, 0.15) is 33.1 Å². The molecule has 0 radical (unpaired) electrons. The molecule has 1 saturated heterocycles. The summed E-state index contributed by atoms with van der Waals surface area (Å²) in [5, 5.41) is 0. The first-order valence-electron chi connectivity index (χ1n) is 5.55. The van der Waals surface area contributed by atoms with E-state index >= 15 is 0 Å². The molecule has 1 fully saturated rings. The van der Waals surface area contributed by atoms with E-state index in [1.54, 1.807) is 6.92 Å². The zero-order chi connectivity index (χ0) is 10.4. The highest BCUT2D eigenvalue weighted by Gasteiger charge is 2.17. The summed E-state index contributed by atoms with van der Waals surface area (Å²) in [6.45, 7) is 7.76. The Kier molecular flexibility index (Phi) is 5.12. The lowest BCUT2D eigenvalue weighted by Crippen LogP contribution is -2.42. The van der Waals surface area contributed by atoms with Crippen LogP contribution in [0.4, 0.5) is 0 Å². The van der Waals surface area contributed by atoms with Gasteiger partial charge in [0.15, 0.2) is 0 Å². The number of rotatable bonds is 5. The second kappa shape index (κ2) is 6.14. The van der Waals surface area contributed by atoms with Gasteiger partial charge in [0.2, 0.25) is 0 Å². The van der Waals surface area contributed by atoms with Crippen LogP contribution < -0.4 is 0 Å². The van der Waals surface area contributed by atoms with E-state index in [0.29, 0.717) is 18.3 Å². The molecular formula is C11H21NO2. The molecule has 1 aliphatic heterocycles. The molecule has 82 valence electrons. The maximum atomic E-state index is 10.8. The maximum absolute atomic E-state index is 10.8. The van der Waals surface area contributed by atoms with Crippen LogP contribution in [0.2, 0.25) is 0 Å². The second-order valence-electron chi connectivity index (χ2n) is 4.01. The van der Waals surface area contributed by atoms with Crippen LogP contribution in [0.15, 0.2) is 0 Å². The Morgan fingerprint density at radius 3 is 3.00 bits per heavy atom. The van der Waals surface area contributed by atoms with Crippen LogP contribution >= 0.6 is 0 Å². The van der Waals surface area contributed by atoms with Gasteiger partial charge in [0.05, 0.1) is 12.7 Å². The topological polar surface area (TPSA) is 29.5 Å². The van der Waals surface area contributed by atoms with Crippen LogP contribution in [-0.2, 0) is 9.53 Å². The summed E-state index contributed by atoms with van der Waals surface area (Å²) in [4.78, 5) is 13.2. The number of nitrogens with zero attached hydrogens (tertiary/aromatic N) is 1. The lowest BCUT2D eigenvalue weighted by molar-refractivity contribution is -0.117. The van der Waals surface area contributed by atoms with Crippen molar-refractivity contribution in [3.8, 4) is 0 Å². The summed E-state index contributed by atoms with van der Waals surface area (Å²) in [5.74, 6) is 0.297. The molecule has 3 heteroatoms. The molecule has 0 bridgehead atoms. The average molecular weight is 199 g/mol. The minimum atomic E-state index is 0.297. The maximum Gasteiger partial charge on any atom is 0.129 e. The lowest BCUT2D eigenvalue weighted by atomic mass is 10.2. The van der Waals surface area contributed by atoms with Gasteiger partial charge in [-0.2, -0.15) is 0 Å². The van der Waals surface area contributed by atoms with E-state index < -0.39 is 0 Å². The fourth-order valence-electron chi connectivity index (χ4n) is 1.78. The minimum absolute atomic E-state index is 0.297. The van der Waals surface area contributed by atoms with Crippen LogP contribution in [0.25, 0.3) is 0 Å². The first-order chi connectivity index (χ1) is 6.72. The fourth-order valence-corrected chi connectivity index (χ4v) is 1.78. The third-order valence-electron chi connectivity index (χ3n) is 2.68. The molecule has 0 saturated carbocycles. The predicted octanol–water partition coefficient (Wildman–Crippen LogP) is 1.47. The van der Waals surface area contributed by atoms with Crippen molar-refractivity contribution in [2.24, 2.45) is 0 Å². The molecule has 0 aliphatic carbocycles. The summed E-state index contributed by atoms with van der Waals surface area (Å²) < 4.78 is 5.58. The SMILES string of the molecule is CCC1CN(CCCC(C)=O)CCO1. The zero-order valence-electron chi connectivity index (χ0n) is 9.29. The van der Waals surface area contributed by atoms with E-state index in [4.69, 9.17) is 4.74 Å². The highest BCUT2D eigenvalue weighted by molar-refractivity contribution is 5.75. The molecule has 0 N–H and O–H groups in total. The van der Waals surface area contributed by atoms with Crippen molar-refractivity contribution in [3.63, 3.8) is 0 Å². The molecule has 0 aromatic carbocycles. The summed E-state index contributed by atoms with van der Waals surface area (Å²) in [5.41, 5.74) is 0. The summed E-state index contributed by atoms with van der Waals surface area (Å²) in [6.07, 6.45) is 3.20. The van der Waals surface area contributed by atoms with Gasteiger partial charge in [-0.1, -0.05) is 6.92 Å². The number of ether oxygens (including phenoxy) is 1. The first-order valence-corrected chi connectivity index (χ1v) is 5.55. The van der Waals surface area contributed by atoms with Gasteiger partial charge >= 0.3 is 0 Å². The third-order valence-corrected chi connectivity index (χ3v) is 2.68. The number of Topliss-reactive ketones (excluding diaryl/α,β-unsaturated/α-hetero) is 1. The average Bonchev–Trinajstić information content (AvgIpc) is 2.18. The monoisotopic (exact) mass is 199 g/mol. The van der Waals surface area contributed by atoms with Crippen molar-refractivity contribution < 1.29 is 9.53 Å². The molecule has 0 spiro atoms. The number of morpholine rings is 1. The van der Waals surface area contributed by atoms with Gasteiger partial charge in [0.1, 0.15) is 5.78 Å². The number of hydrogen-bond donors (Lipinski definition) is 0. The van der Waals surface area contributed by atoms with E-state index in [9.17, 15) is 4.79 Å². The molecule has 1 rings (SSSR count). The Morgan fingerprint density at radius 2 is 2.36 bits per heavy atom. The minimum Gasteiger partial charge on any atom is -0.376 e. The zero-order valence-corrected chi connectivity index (χ0v) is 9.29. The van der Waals surface area contributed by atoms with Gasteiger partial charge in [-0.3, -0.25) is 4.90 Å². The van der Waals surface area contributed by atoms with Crippen molar-refractivity contribution in [1.82, 2.24) is 4.90 Å². The fraction of sp³-hybridized carbons (Fsp3) is 0.909. The number of ketones is 1. The number of hydrogen-bond acceptors (Lipinski definition) is 3. The molecule has 0 aromatic heterocycles. The molecule has 1 atom stereocenters. The van der Waals surface area contributed by atoms with E-state index in [2.05, 4.69) is 11.8 Å². The standard InChI is InChI=1S/C11H21NO2/c1-3-11-9-12(7-8-14-11)6-4-5-10(2)13/h11H,3-9H2,1-2H3. The van der Waals surface area contributed by atoms with Gasteiger partial charge in [-0.15, -0.1) is 0 Å². The third kappa shape index (κ3) is 4.20. The quantitative estimate of drug-likeness (QED) is 0.671. The predicted molar refractivity (Wildman–Crippen MR) is 56.4 cm³/mol. The molecule has 1 unspecified atom stereocenters. The van der Waals surface area contributed by atoms with E-state index in [1.807, 2.05) is 0 Å². The van der Waals surface area contributed by atoms with Gasteiger partial charge < -0.3 is 9.53 Å². The smallest absolute Gasteiger partial charge is 0.129 e. The van der Waals surface area contributed by atoms with Crippen LogP contribution in [0, 0.1) is 0 Å². The van der Waals surface area contributed by atoms with Crippen molar-refractivity contribution in [1.29, 1.82) is 0 Å². The molecule has 0 amide bonds. The van der Waals surface area contributed by atoms with E-state index in [0.717, 1.165) is 39.1 Å². The van der Waals surface area contributed by atoms with Crippen molar-refractivity contribution in [2.45, 2.75) is 39.2 Å². The second-order valence-corrected chi connectivity index (χ2v) is 4.01. The normalized spacial score (nSPS) is 23.7.